The number of para-hydroxylation sites is 2. The number of imidazole rings is 1. The molecule has 1 aromatic heterocycles. The number of hydrogen-bond donors (Lipinski definition) is 4. The predicted molar refractivity (Wildman–Crippen MR) is 127 cm³/mol. The molecule has 0 spiro atoms. The lowest BCUT2D eigenvalue weighted by atomic mass is 10.1. The van der Waals surface area contributed by atoms with E-state index in [9.17, 15) is 23.4 Å². The molecule has 4 rings (SSSR count). The Kier molecular flexibility index (Phi) is 6.86. The molecule has 3 aromatic carbocycles. The van der Waals surface area contributed by atoms with Crippen LogP contribution in [0.5, 0.6) is 17.2 Å². The molecule has 1 atom stereocenters. The maximum absolute atomic E-state index is 12.7. The summed E-state index contributed by atoms with van der Waals surface area (Å²) in [6.45, 7) is 1.54. The molecule has 4 N–H and O–H groups in total. The van der Waals surface area contributed by atoms with Gasteiger partial charge in [-0.3, -0.25) is 9.88 Å². The van der Waals surface area contributed by atoms with Crippen molar-refractivity contribution in [1.82, 2.24) is 14.9 Å². The lowest BCUT2D eigenvalue weighted by Crippen LogP contribution is -2.16. The lowest BCUT2D eigenvalue weighted by molar-refractivity contribution is -0.131. The number of fused-ring (bicyclic) bond motifs is 1. The van der Waals surface area contributed by atoms with Crippen molar-refractivity contribution in [2.24, 2.45) is 0 Å². The minimum Gasteiger partial charge on any atom is -0.504 e. The average Bonchev–Trinajstić information content (AvgIpc) is 3.23. The van der Waals surface area contributed by atoms with Crippen molar-refractivity contribution in [1.29, 1.82) is 0 Å². The third kappa shape index (κ3) is 5.50. The van der Waals surface area contributed by atoms with Crippen LogP contribution in [0.4, 0.5) is 18.9 Å². The van der Waals surface area contributed by atoms with Gasteiger partial charge in [0, 0.05) is 24.4 Å². The summed E-state index contributed by atoms with van der Waals surface area (Å²) in [5, 5.41) is 25.8. The monoisotopic (exact) mass is 486 g/mol. The third-order valence-electron chi connectivity index (χ3n) is 5.54. The fourth-order valence-corrected chi connectivity index (χ4v) is 3.77. The average molecular weight is 486 g/mol. The zero-order chi connectivity index (χ0) is 25.2. The number of phenolic OH excluding ortho intramolecular Hbond substituents is 1. The number of nitrogens with zero attached hydrogens (tertiary/aromatic N) is 2. The van der Waals surface area contributed by atoms with Crippen molar-refractivity contribution in [3.8, 4) is 22.9 Å². The van der Waals surface area contributed by atoms with E-state index in [-0.39, 0.29) is 18.0 Å². The molecule has 7 nitrogen and oxygen atoms in total. The number of rotatable bonds is 8. The Labute approximate surface area is 199 Å². The number of aromatic hydroxyl groups is 1. The Hall–Kier alpha value is -3.76. The zero-order valence-corrected chi connectivity index (χ0v) is 19.1. The second-order valence-electron chi connectivity index (χ2n) is 8.05. The first-order chi connectivity index (χ1) is 16.7. The van der Waals surface area contributed by atoms with Crippen molar-refractivity contribution >= 4 is 16.7 Å². The molecule has 0 amide bonds. The summed E-state index contributed by atoms with van der Waals surface area (Å²) in [7, 11) is 1.65. The number of anilines is 1. The van der Waals surface area contributed by atoms with Gasteiger partial charge in [0.1, 0.15) is 23.8 Å². The lowest BCUT2D eigenvalue weighted by Gasteiger charge is -2.15. The summed E-state index contributed by atoms with van der Waals surface area (Å²) in [4.78, 5) is 4.43. The van der Waals surface area contributed by atoms with Crippen LogP contribution >= 0.6 is 0 Å². The summed E-state index contributed by atoms with van der Waals surface area (Å²) in [6, 6.07) is 15.2. The van der Waals surface area contributed by atoms with Gasteiger partial charge in [0.15, 0.2) is 11.5 Å². The maximum Gasteiger partial charge on any atom is 0.390 e. The number of aliphatic hydroxyl groups excluding tert-OH is 1. The van der Waals surface area contributed by atoms with Gasteiger partial charge in [-0.2, -0.15) is 13.2 Å². The SMILES string of the molecule is CNC(O)c1ccc(-n2cnc3c(NCCC(F)(F)F)cc(Oc4ccccc4O)cc32)cc1C. The highest BCUT2D eigenvalue weighted by Crippen LogP contribution is 2.36. The van der Waals surface area contributed by atoms with Crippen LogP contribution in [0.3, 0.4) is 0 Å². The van der Waals surface area contributed by atoms with Gasteiger partial charge < -0.3 is 20.3 Å². The maximum atomic E-state index is 12.7. The van der Waals surface area contributed by atoms with Crippen molar-refractivity contribution < 1.29 is 28.1 Å². The molecule has 0 aliphatic heterocycles. The van der Waals surface area contributed by atoms with Crippen molar-refractivity contribution in [3.05, 3.63) is 72.1 Å². The van der Waals surface area contributed by atoms with E-state index in [0.29, 0.717) is 22.5 Å². The molecule has 0 fully saturated rings. The molecule has 0 radical (unpaired) electrons. The molecule has 0 saturated heterocycles. The minimum atomic E-state index is -4.30. The van der Waals surface area contributed by atoms with Crippen LogP contribution in [0.15, 0.2) is 60.9 Å². The van der Waals surface area contributed by atoms with Crippen LogP contribution in [-0.2, 0) is 0 Å². The Morgan fingerprint density at radius 2 is 1.89 bits per heavy atom. The number of aromatic nitrogens is 2. The minimum absolute atomic E-state index is 0.0676. The number of benzene rings is 3. The van der Waals surface area contributed by atoms with Crippen LogP contribution in [0.2, 0.25) is 0 Å². The summed E-state index contributed by atoms with van der Waals surface area (Å²) >= 11 is 0. The number of halogens is 3. The van der Waals surface area contributed by atoms with Crippen LogP contribution in [-0.4, -0.2) is 39.5 Å². The predicted octanol–water partition coefficient (Wildman–Crippen LogP) is 5.41. The van der Waals surface area contributed by atoms with Gasteiger partial charge in [-0.05, 0) is 49.4 Å². The van der Waals surface area contributed by atoms with Gasteiger partial charge in [0.25, 0.3) is 0 Å². The first-order valence-electron chi connectivity index (χ1n) is 10.9. The van der Waals surface area contributed by atoms with E-state index in [2.05, 4.69) is 15.6 Å². The molecule has 4 aromatic rings. The highest BCUT2D eigenvalue weighted by Gasteiger charge is 2.26. The van der Waals surface area contributed by atoms with Crippen molar-refractivity contribution in [2.45, 2.75) is 25.7 Å². The number of hydrogen-bond acceptors (Lipinski definition) is 6. The van der Waals surface area contributed by atoms with Gasteiger partial charge in [-0.1, -0.05) is 18.2 Å². The molecule has 1 unspecified atom stereocenters. The fraction of sp³-hybridized carbons (Fsp3) is 0.240. The van der Waals surface area contributed by atoms with E-state index in [0.717, 1.165) is 16.8 Å². The number of phenols is 1. The van der Waals surface area contributed by atoms with Crippen molar-refractivity contribution in [2.75, 3.05) is 18.9 Å². The zero-order valence-electron chi connectivity index (χ0n) is 19.1. The molecule has 0 saturated carbocycles. The first-order valence-corrected chi connectivity index (χ1v) is 10.9. The topological polar surface area (TPSA) is 91.6 Å². The van der Waals surface area contributed by atoms with Crippen LogP contribution in [0, 0.1) is 6.92 Å². The number of aryl methyl sites for hydroxylation is 1. The Morgan fingerprint density at radius 1 is 1.11 bits per heavy atom. The van der Waals surface area contributed by atoms with Crippen LogP contribution in [0.1, 0.15) is 23.8 Å². The second kappa shape index (κ2) is 9.85. The van der Waals surface area contributed by atoms with Crippen LogP contribution in [0.25, 0.3) is 16.7 Å². The molecule has 1 heterocycles. The van der Waals surface area contributed by atoms with E-state index >= 15 is 0 Å². The molecule has 0 aliphatic rings. The van der Waals surface area contributed by atoms with E-state index in [1.807, 2.05) is 19.1 Å². The van der Waals surface area contributed by atoms with Gasteiger partial charge in [0.05, 0.1) is 17.6 Å². The summed E-state index contributed by atoms with van der Waals surface area (Å²) in [5.74, 6) is 0.455. The van der Waals surface area contributed by atoms with E-state index in [1.165, 1.54) is 6.07 Å². The van der Waals surface area contributed by atoms with Gasteiger partial charge in [0.2, 0.25) is 0 Å². The number of ether oxygens (including phenoxy) is 1. The van der Waals surface area contributed by atoms with E-state index in [1.54, 1.807) is 54.3 Å². The number of alkyl halides is 3. The smallest absolute Gasteiger partial charge is 0.390 e. The standard InChI is InChI=1S/C25H25F3N4O3/c1-15-11-16(7-8-18(15)24(34)29-2)32-14-31-23-19(30-10-9-25(26,27)28)12-17(13-20(23)32)35-22-6-4-3-5-21(22)33/h3-8,11-14,24,29-30,33-34H,9-10H2,1-2H3. The second-order valence-corrected chi connectivity index (χ2v) is 8.05. The first kappa shape index (κ1) is 24.4. The largest absolute Gasteiger partial charge is 0.504 e. The Bertz CT molecular complexity index is 1340. The van der Waals surface area contributed by atoms with Gasteiger partial charge >= 0.3 is 6.18 Å². The Balaban J connectivity index is 1.77. The highest BCUT2D eigenvalue weighted by atomic mass is 19.4. The molecule has 184 valence electrons. The van der Waals surface area contributed by atoms with Gasteiger partial charge in [-0.15, -0.1) is 0 Å². The third-order valence-corrected chi connectivity index (χ3v) is 5.54. The van der Waals surface area contributed by atoms with Crippen LogP contribution < -0.4 is 15.4 Å². The normalized spacial score (nSPS) is 12.6. The van der Waals surface area contributed by atoms with Crippen molar-refractivity contribution in [3.63, 3.8) is 0 Å². The summed E-state index contributed by atoms with van der Waals surface area (Å²) < 4.78 is 45.8. The quantitative estimate of drug-likeness (QED) is 0.249. The van der Waals surface area contributed by atoms with E-state index < -0.39 is 18.8 Å². The molecule has 10 heteroatoms. The molecule has 0 aliphatic carbocycles. The molecule has 0 bridgehead atoms. The van der Waals surface area contributed by atoms with E-state index in [4.69, 9.17) is 4.74 Å². The molecule has 35 heavy (non-hydrogen) atoms. The number of aliphatic hydroxyl groups is 1. The summed E-state index contributed by atoms with van der Waals surface area (Å²) in [5.41, 5.74) is 3.74. The molecular weight excluding hydrogens is 461 g/mol. The highest BCUT2D eigenvalue weighted by molar-refractivity contribution is 5.91. The number of nitrogens with one attached hydrogen (secondary N) is 2. The Morgan fingerprint density at radius 3 is 2.57 bits per heavy atom. The fourth-order valence-electron chi connectivity index (χ4n) is 3.77. The van der Waals surface area contributed by atoms with Gasteiger partial charge in [-0.25, -0.2) is 4.98 Å². The molecular formula is C25H25F3N4O3. The summed E-state index contributed by atoms with van der Waals surface area (Å²) in [6.07, 6.45) is -4.54.